The number of amides is 1. The molecule has 1 aliphatic rings. The molecule has 1 aliphatic heterocycles. The molecule has 1 amide bonds. The molecule has 0 aromatic carbocycles. The zero-order valence-corrected chi connectivity index (χ0v) is 9.88. The minimum absolute atomic E-state index is 0.164. The Balaban J connectivity index is 2.18. The van der Waals surface area contributed by atoms with Gasteiger partial charge in [0.15, 0.2) is 0 Å². The van der Waals surface area contributed by atoms with Crippen molar-refractivity contribution in [3.05, 3.63) is 0 Å². The van der Waals surface area contributed by atoms with Gasteiger partial charge >= 0.3 is 0 Å². The SMILES string of the molecule is CCCCNC(=O)CN1CCNC[C@@H]1C. The molecule has 1 fully saturated rings. The molecule has 4 heteroatoms. The molecular formula is C11H23N3O. The van der Waals surface area contributed by atoms with Gasteiger partial charge in [0, 0.05) is 32.2 Å². The van der Waals surface area contributed by atoms with Gasteiger partial charge < -0.3 is 10.6 Å². The fourth-order valence-corrected chi connectivity index (χ4v) is 1.76. The van der Waals surface area contributed by atoms with Gasteiger partial charge in [-0.1, -0.05) is 13.3 Å². The maximum atomic E-state index is 11.6. The molecule has 1 saturated heterocycles. The van der Waals surface area contributed by atoms with E-state index in [9.17, 15) is 4.79 Å². The van der Waals surface area contributed by atoms with Crippen LogP contribution in [0.1, 0.15) is 26.7 Å². The first kappa shape index (κ1) is 12.5. The van der Waals surface area contributed by atoms with Crippen LogP contribution in [-0.4, -0.2) is 49.6 Å². The van der Waals surface area contributed by atoms with E-state index in [4.69, 9.17) is 0 Å². The van der Waals surface area contributed by atoms with Gasteiger partial charge in [-0.15, -0.1) is 0 Å². The maximum Gasteiger partial charge on any atom is 0.234 e. The lowest BCUT2D eigenvalue weighted by molar-refractivity contribution is -0.122. The Morgan fingerprint density at radius 1 is 1.60 bits per heavy atom. The van der Waals surface area contributed by atoms with Crippen LogP contribution in [0.3, 0.4) is 0 Å². The minimum Gasteiger partial charge on any atom is -0.355 e. The summed E-state index contributed by atoms with van der Waals surface area (Å²) in [5.74, 6) is 0.164. The van der Waals surface area contributed by atoms with E-state index in [0.29, 0.717) is 12.6 Å². The van der Waals surface area contributed by atoms with Crippen LogP contribution in [0.15, 0.2) is 0 Å². The van der Waals surface area contributed by atoms with Crippen LogP contribution in [0.4, 0.5) is 0 Å². The smallest absolute Gasteiger partial charge is 0.234 e. The third-order valence-corrected chi connectivity index (χ3v) is 2.84. The third kappa shape index (κ3) is 4.62. The highest BCUT2D eigenvalue weighted by molar-refractivity contribution is 5.78. The number of carbonyl (C=O) groups is 1. The van der Waals surface area contributed by atoms with Crippen LogP contribution in [0, 0.1) is 0 Å². The van der Waals surface area contributed by atoms with E-state index in [1.54, 1.807) is 0 Å². The standard InChI is InChI=1S/C11H23N3O/c1-3-4-5-13-11(15)9-14-7-6-12-8-10(14)2/h10,12H,3-9H2,1-2H3,(H,13,15)/t10-/m0/s1. The van der Waals surface area contributed by atoms with Crippen molar-refractivity contribution in [2.45, 2.75) is 32.7 Å². The van der Waals surface area contributed by atoms with Gasteiger partial charge in [0.1, 0.15) is 0 Å². The maximum absolute atomic E-state index is 11.6. The quantitative estimate of drug-likeness (QED) is 0.641. The summed E-state index contributed by atoms with van der Waals surface area (Å²) in [6.45, 7) is 8.61. The molecule has 88 valence electrons. The Hall–Kier alpha value is -0.610. The van der Waals surface area contributed by atoms with Crippen molar-refractivity contribution >= 4 is 5.91 Å². The molecule has 0 saturated carbocycles. The van der Waals surface area contributed by atoms with Crippen LogP contribution in [0.2, 0.25) is 0 Å². The number of hydrogen-bond donors (Lipinski definition) is 2. The van der Waals surface area contributed by atoms with Gasteiger partial charge in [-0.25, -0.2) is 0 Å². The molecule has 0 unspecified atom stereocenters. The number of nitrogens with zero attached hydrogens (tertiary/aromatic N) is 1. The van der Waals surface area contributed by atoms with Crippen molar-refractivity contribution in [3.8, 4) is 0 Å². The predicted octanol–water partition coefficient (Wildman–Crippen LogP) is 0.196. The molecule has 0 spiro atoms. The zero-order chi connectivity index (χ0) is 11.1. The molecule has 0 radical (unpaired) electrons. The van der Waals surface area contributed by atoms with Gasteiger partial charge in [0.2, 0.25) is 5.91 Å². The van der Waals surface area contributed by atoms with Gasteiger partial charge in [-0.3, -0.25) is 9.69 Å². The largest absolute Gasteiger partial charge is 0.355 e. The summed E-state index contributed by atoms with van der Waals surface area (Å²) >= 11 is 0. The van der Waals surface area contributed by atoms with Gasteiger partial charge in [-0.05, 0) is 13.3 Å². The van der Waals surface area contributed by atoms with E-state index < -0.39 is 0 Å². The topological polar surface area (TPSA) is 44.4 Å². The van der Waals surface area contributed by atoms with Crippen LogP contribution in [0.5, 0.6) is 0 Å². The van der Waals surface area contributed by atoms with E-state index >= 15 is 0 Å². The molecule has 4 nitrogen and oxygen atoms in total. The van der Waals surface area contributed by atoms with Gasteiger partial charge in [-0.2, -0.15) is 0 Å². The zero-order valence-electron chi connectivity index (χ0n) is 9.88. The lowest BCUT2D eigenvalue weighted by Crippen LogP contribution is -2.52. The molecule has 0 aromatic heterocycles. The lowest BCUT2D eigenvalue weighted by Gasteiger charge is -2.33. The third-order valence-electron chi connectivity index (χ3n) is 2.84. The fraction of sp³-hybridized carbons (Fsp3) is 0.909. The number of rotatable bonds is 5. The summed E-state index contributed by atoms with van der Waals surface area (Å²) in [5.41, 5.74) is 0. The first-order chi connectivity index (χ1) is 7.24. The van der Waals surface area contributed by atoms with Crippen molar-refractivity contribution in [1.82, 2.24) is 15.5 Å². The summed E-state index contributed by atoms with van der Waals surface area (Å²) in [6, 6.07) is 0.468. The molecule has 0 bridgehead atoms. The van der Waals surface area contributed by atoms with Crippen molar-refractivity contribution in [1.29, 1.82) is 0 Å². The summed E-state index contributed by atoms with van der Waals surface area (Å²) in [4.78, 5) is 13.8. The average Bonchev–Trinajstić information content (AvgIpc) is 2.22. The highest BCUT2D eigenvalue weighted by Gasteiger charge is 2.19. The highest BCUT2D eigenvalue weighted by atomic mass is 16.2. The summed E-state index contributed by atoms with van der Waals surface area (Å²) in [5, 5.41) is 6.27. The van der Waals surface area contributed by atoms with Crippen molar-refractivity contribution in [2.24, 2.45) is 0 Å². The second-order valence-electron chi connectivity index (χ2n) is 4.23. The summed E-state index contributed by atoms with van der Waals surface area (Å²) in [7, 11) is 0. The second kappa shape index (κ2) is 6.80. The number of hydrogen-bond acceptors (Lipinski definition) is 3. The molecular weight excluding hydrogens is 190 g/mol. The van der Waals surface area contributed by atoms with Crippen LogP contribution in [-0.2, 0) is 4.79 Å². The monoisotopic (exact) mass is 213 g/mol. The molecule has 0 aliphatic carbocycles. The van der Waals surface area contributed by atoms with E-state index in [2.05, 4.69) is 29.4 Å². The Morgan fingerprint density at radius 3 is 3.07 bits per heavy atom. The van der Waals surface area contributed by atoms with E-state index in [-0.39, 0.29) is 5.91 Å². The number of unbranched alkanes of at least 4 members (excludes halogenated alkanes) is 1. The van der Waals surface area contributed by atoms with Crippen molar-refractivity contribution in [3.63, 3.8) is 0 Å². The van der Waals surface area contributed by atoms with Gasteiger partial charge in [0.05, 0.1) is 6.54 Å². The fourth-order valence-electron chi connectivity index (χ4n) is 1.76. The lowest BCUT2D eigenvalue weighted by atomic mass is 10.2. The number of nitrogens with one attached hydrogen (secondary N) is 2. The van der Waals surface area contributed by atoms with E-state index in [0.717, 1.165) is 39.0 Å². The van der Waals surface area contributed by atoms with E-state index in [1.807, 2.05) is 0 Å². The second-order valence-corrected chi connectivity index (χ2v) is 4.23. The molecule has 1 heterocycles. The van der Waals surface area contributed by atoms with Crippen LogP contribution in [0.25, 0.3) is 0 Å². The van der Waals surface area contributed by atoms with Gasteiger partial charge in [0.25, 0.3) is 0 Å². The Bertz CT molecular complexity index is 196. The normalized spacial score (nSPS) is 22.7. The van der Waals surface area contributed by atoms with Crippen molar-refractivity contribution < 1.29 is 4.79 Å². The van der Waals surface area contributed by atoms with Crippen LogP contribution < -0.4 is 10.6 Å². The number of piperazine rings is 1. The highest BCUT2D eigenvalue weighted by Crippen LogP contribution is 2.00. The first-order valence-corrected chi connectivity index (χ1v) is 5.95. The Labute approximate surface area is 92.4 Å². The average molecular weight is 213 g/mol. The van der Waals surface area contributed by atoms with Crippen LogP contribution >= 0.6 is 0 Å². The Morgan fingerprint density at radius 2 is 2.40 bits per heavy atom. The van der Waals surface area contributed by atoms with Crippen molar-refractivity contribution in [2.75, 3.05) is 32.7 Å². The Kier molecular flexibility index (Phi) is 5.65. The number of carbonyl (C=O) groups excluding carboxylic acids is 1. The summed E-state index contributed by atoms with van der Waals surface area (Å²) < 4.78 is 0. The molecule has 0 aromatic rings. The molecule has 1 atom stereocenters. The van der Waals surface area contributed by atoms with E-state index in [1.165, 1.54) is 0 Å². The first-order valence-electron chi connectivity index (χ1n) is 5.95. The predicted molar refractivity (Wildman–Crippen MR) is 61.8 cm³/mol. The minimum atomic E-state index is 0.164. The summed E-state index contributed by atoms with van der Waals surface area (Å²) in [6.07, 6.45) is 2.20. The molecule has 2 N–H and O–H groups in total. The molecule has 1 rings (SSSR count). The molecule has 15 heavy (non-hydrogen) atoms.